The summed E-state index contributed by atoms with van der Waals surface area (Å²) in [7, 11) is 0. The van der Waals surface area contributed by atoms with Gasteiger partial charge in [-0.1, -0.05) is 17.7 Å². The topological polar surface area (TPSA) is 32.3 Å². The fourth-order valence-corrected chi connectivity index (χ4v) is 2.24. The van der Waals surface area contributed by atoms with E-state index in [4.69, 9.17) is 11.6 Å². The molecule has 1 atom stereocenters. The van der Waals surface area contributed by atoms with E-state index in [1.54, 1.807) is 18.2 Å². The number of aryl methyl sites for hydroxylation is 2. The van der Waals surface area contributed by atoms with Gasteiger partial charge in [-0.2, -0.15) is 0 Å². The Kier molecular flexibility index (Phi) is 4.19. The van der Waals surface area contributed by atoms with Gasteiger partial charge in [0.05, 0.1) is 5.02 Å². The minimum Gasteiger partial charge on any atom is -0.508 e. The zero-order chi connectivity index (χ0) is 14.9. The monoisotopic (exact) mass is 293 g/mol. The van der Waals surface area contributed by atoms with Crippen LogP contribution in [0, 0.1) is 19.7 Å². The summed E-state index contributed by atoms with van der Waals surface area (Å²) in [4.78, 5) is 0. The van der Waals surface area contributed by atoms with Gasteiger partial charge >= 0.3 is 0 Å². The minimum atomic E-state index is -0.417. The molecule has 0 amide bonds. The second kappa shape index (κ2) is 5.71. The van der Waals surface area contributed by atoms with Crippen molar-refractivity contribution in [3.63, 3.8) is 0 Å². The number of anilines is 1. The lowest BCUT2D eigenvalue weighted by molar-refractivity contribution is 0.470. The average molecular weight is 294 g/mol. The lowest BCUT2D eigenvalue weighted by Gasteiger charge is -2.18. The number of rotatable bonds is 3. The molecule has 2 rings (SSSR count). The fourth-order valence-electron chi connectivity index (χ4n) is 2.05. The molecule has 0 saturated heterocycles. The molecule has 0 saturated carbocycles. The Labute approximate surface area is 123 Å². The van der Waals surface area contributed by atoms with Crippen LogP contribution >= 0.6 is 11.6 Å². The third-order valence-electron chi connectivity index (χ3n) is 3.36. The third-order valence-corrected chi connectivity index (χ3v) is 3.65. The molecule has 4 heteroatoms. The predicted octanol–water partition coefficient (Wildman–Crippen LogP) is 4.97. The highest BCUT2D eigenvalue weighted by Gasteiger charge is 2.10. The second-order valence-electron chi connectivity index (χ2n) is 4.99. The standard InChI is InChI=1S/C16H17ClFNO/c1-9-7-16(20)10(2)6-15(9)19-11(3)12-4-5-14(18)13(17)8-12/h4-8,11,19-20H,1-3H3. The highest BCUT2D eigenvalue weighted by atomic mass is 35.5. The maximum atomic E-state index is 13.2. The van der Waals surface area contributed by atoms with Crippen LogP contribution in [0.15, 0.2) is 30.3 Å². The Hall–Kier alpha value is -1.74. The molecule has 0 heterocycles. The van der Waals surface area contributed by atoms with Gasteiger partial charge in [0.25, 0.3) is 0 Å². The van der Waals surface area contributed by atoms with E-state index in [1.807, 2.05) is 26.8 Å². The number of nitrogens with one attached hydrogen (secondary N) is 1. The average Bonchev–Trinajstić information content (AvgIpc) is 2.39. The molecular weight excluding hydrogens is 277 g/mol. The molecule has 0 aliphatic rings. The highest BCUT2D eigenvalue weighted by Crippen LogP contribution is 2.29. The second-order valence-corrected chi connectivity index (χ2v) is 5.40. The predicted molar refractivity (Wildman–Crippen MR) is 81.0 cm³/mol. The summed E-state index contributed by atoms with van der Waals surface area (Å²) in [6.07, 6.45) is 0. The van der Waals surface area contributed by atoms with Crippen LogP contribution in [-0.4, -0.2) is 5.11 Å². The zero-order valence-electron chi connectivity index (χ0n) is 11.7. The molecule has 0 aliphatic carbocycles. The molecule has 0 bridgehead atoms. The summed E-state index contributed by atoms with van der Waals surface area (Å²) < 4.78 is 13.2. The van der Waals surface area contributed by atoms with Crippen molar-refractivity contribution in [2.45, 2.75) is 26.8 Å². The van der Waals surface area contributed by atoms with Crippen molar-refractivity contribution >= 4 is 17.3 Å². The van der Waals surface area contributed by atoms with Gasteiger partial charge in [-0.3, -0.25) is 0 Å². The van der Waals surface area contributed by atoms with E-state index < -0.39 is 5.82 Å². The molecule has 0 aliphatic heterocycles. The number of aromatic hydroxyl groups is 1. The number of phenols is 1. The van der Waals surface area contributed by atoms with Crippen molar-refractivity contribution in [2.24, 2.45) is 0 Å². The number of phenolic OH excluding ortho intramolecular Hbond substituents is 1. The van der Waals surface area contributed by atoms with E-state index in [0.29, 0.717) is 0 Å². The zero-order valence-corrected chi connectivity index (χ0v) is 12.4. The maximum Gasteiger partial charge on any atom is 0.141 e. The van der Waals surface area contributed by atoms with Crippen molar-refractivity contribution in [2.75, 3.05) is 5.32 Å². The van der Waals surface area contributed by atoms with Gasteiger partial charge in [0, 0.05) is 11.7 Å². The van der Waals surface area contributed by atoms with Crippen LogP contribution in [0.1, 0.15) is 29.7 Å². The first-order valence-electron chi connectivity index (χ1n) is 6.40. The molecule has 2 N–H and O–H groups in total. The van der Waals surface area contributed by atoms with E-state index in [-0.39, 0.29) is 16.8 Å². The Bertz CT molecular complexity index is 643. The first-order chi connectivity index (χ1) is 9.38. The summed E-state index contributed by atoms with van der Waals surface area (Å²) >= 11 is 5.80. The molecule has 2 nitrogen and oxygen atoms in total. The molecule has 2 aromatic carbocycles. The van der Waals surface area contributed by atoms with Gasteiger partial charge in [0.1, 0.15) is 11.6 Å². The van der Waals surface area contributed by atoms with Crippen molar-refractivity contribution in [1.82, 2.24) is 0 Å². The first-order valence-corrected chi connectivity index (χ1v) is 6.78. The largest absolute Gasteiger partial charge is 0.508 e. The highest BCUT2D eigenvalue weighted by molar-refractivity contribution is 6.30. The summed E-state index contributed by atoms with van der Waals surface area (Å²) in [5.74, 6) is -0.134. The van der Waals surface area contributed by atoms with Crippen LogP contribution in [0.2, 0.25) is 5.02 Å². The van der Waals surface area contributed by atoms with E-state index >= 15 is 0 Å². The Balaban J connectivity index is 2.25. The molecule has 106 valence electrons. The summed E-state index contributed by atoms with van der Waals surface area (Å²) in [5, 5.41) is 13.1. The number of benzene rings is 2. The summed E-state index contributed by atoms with van der Waals surface area (Å²) in [6, 6.07) is 8.30. The van der Waals surface area contributed by atoms with E-state index in [2.05, 4.69) is 5.32 Å². The van der Waals surface area contributed by atoms with Crippen molar-refractivity contribution < 1.29 is 9.50 Å². The smallest absolute Gasteiger partial charge is 0.141 e. The third kappa shape index (κ3) is 3.05. The molecular formula is C16H17ClFNO. The van der Waals surface area contributed by atoms with Gasteiger partial charge in [-0.15, -0.1) is 0 Å². The van der Waals surface area contributed by atoms with Crippen LogP contribution < -0.4 is 5.32 Å². The van der Waals surface area contributed by atoms with Crippen molar-refractivity contribution in [3.8, 4) is 5.75 Å². The summed E-state index contributed by atoms with van der Waals surface area (Å²) in [6.45, 7) is 5.75. The summed E-state index contributed by atoms with van der Waals surface area (Å²) in [5.41, 5.74) is 3.60. The van der Waals surface area contributed by atoms with Gasteiger partial charge in [0.15, 0.2) is 0 Å². The number of hydrogen-bond acceptors (Lipinski definition) is 2. The van der Waals surface area contributed by atoms with E-state index in [1.165, 1.54) is 6.07 Å². The molecule has 1 unspecified atom stereocenters. The molecule has 0 radical (unpaired) electrons. The lowest BCUT2D eigenvalue weighted by atomic mass is 10.1. The van der Waals surface area contributed by atoms with Gasteiger partial charge in [-0.25, -0.2) is 4.39 Å². The van der Waals surface area contributed by atoms with Crippen LogP contribution in [0.5, 0.6) is 5.75 Å². The van der Waals surface area contributed by atoms with Crippen molar-refractivity contribution in [1.29, 1.82) is 0 Å². The van der Waals surface area contributed by atoms with Gasteiger partial charge < -0.3 is 10.4 Å². The number of hydrogen-bond donors (Lipinski definition) is 2. The van der Waals surface area contributed by atoms with Crippen molar-refractivity contribution in [3.05, 3.63) is 57.9 Å². The normalized spacial score (nSPS) is 12.2. The van der Waals surface area contributed by atoms with E-state index in [9.17, 15) is 9.50 Å². The Morgan fingerprint density at radius 1 is 1.15 bits per heavy atom. The molecule has 20 heavy (non-hydrogen) atoms. The van der Waals surface area contributed by atoms with Gasteiger partial charge in [0.2, 0.25) is 0 Å². The Morgan fingerprint density at radius 3 is 2.50 bits per heavy atom. The van der Waals surface area contributed by atoms with E-state index in [0.717, 1.165) is 22.4 Å². The molecule has 2 aromatic rings. The minimum absolute atomic E-state index is 0.0178. The van der Waals surface area contributed by atoms with Crippen LogP contribution in [-0.2, 0) is 0 Å². The van der Waals surface area contributed by atoms with Crippen LogP contribution in [0.4, 0.5) is 10.1 Å². The first kappa shape index (κ1) is 14.7. The molecule has 0 spiro atoms. The van der Waals surface area contributed by atoms with Crippen LogP contribution in [0.25, 0.3) is 0 Å². The number of halogens is 2. The Morgan fingerprint density at radius 2 is 1.85 bits per heavy atom. The lowest BCUT2D eigenvalue weighted by Crippen LogP contribution is -2.08. The quantitative estimate of drug-likeness (QED) is 0.783. The SMILES string of the molecule is Cc1cc(NC(C)c2ccc(F)c(Cl)c2)c(C)cc1O. The molecule has 0 aromatic heterocycles. The van der Waals surface area contributed by atoms with Crippen LogP contribution in [0.3, 0.4) is 0 Å². The van der Waals surface area contributed by atoms with Gasteiger partial charge in [-0.05, 0) is 61.7 Å². The fraction of sp³-hybridized carbons (Fsp3) is 0.250. The maximum absolute atomic E-state index is 13.2. The molecule has 0 fully saturated rings.